The van der Waals surface area contributed by atoms with Crippen LogP contribution in [-0.4, -0.2) is 50.8 Å². The second-order valence-electron chi connectivity index (χ2n) is 10.2. The number of benzene rings is 4. The van der Waals surface area contributed by atoms with Crippen LogP contribution in [0.2, 0.25) is 0 Å². The zero-order valence-corrected chi connectivity index (χ0v) is 24.9. The van der Waals surface area contributed by atoms with Crippen LogP contribution >= 0.6 is 0 Å². The van der Waals surface area contributed by atoms with E-state index in [4.69, 9.17) is 14.2 Å². The van der Waals surface area contributed by atoms with E-state index in [1.54, 1.807) is 12.1 Å². The predicted molar refractivity (Wildman–Crippen MR) is 170 cm³/mol. The maximum absolute atomic E-state index is 12.4. The van der Waals surface area contributed by atoms with E-state index in [9.17, 15) is 9.59 Å². The number of alkyl carbamates (subject to hydrolysis) is 1. The Hall–Kier alpha value is -4.88. The zero-order chi connectivity index (χ0) is 30.4. The van der Waals surface area contributed by atoms with Gasteiger partial charge in [-0.3, -0.25) is 0 Å². The summed E-state index contributed by atoms with van der Waals surface area (Å²) in [4.78, 5) is 26.5. The number of amides is 1. The molecule has 0 aliphatic heterocycles. The van der Waals surface area contributed by atoms with E-state index in [2.05, 4.69) is 41.4 Å². The lowest BCUT2D eigenvalue weighted by Gasteiger charge is -2.17. The van der Waals surface area contributed by atoms with Crippen molar-refractivity contribution in [1.29, 1.82) is 0 Å². The van der Waals surface area contributed by atoms with Gasteiger partial charge in [0, 0.05) is 6.54 Å². The number of likely N-dealkylation sites (N-methyl/N-ethyl adjacent to an activating group) is 1. The minimum absolute atomic E-state index is 0.119. The van der Waals surface area contributed by atoms with Gasteiger partial charge in [0.25, 0.3) is 0 Å². The highest BCUT2D eigenvalue weighted by Gasteiger charge is 2.15. The number of hydrogen-bond donors (Lipinski definition) is 1. The summed E-state index contributed by atoms with van der Waals surface area (Å²) in [6.45, 7) is 3.41. The summed E-state index contributed by atoms with van der Waals surface area (Å²) in [5.41, 5.74) is 6.34. The van der Waals surface area contributed by atoms with Crippen LogP contribution in [0.25, 0.3) is 11.1 Å². The first-order chi connectivity index (χ1) is 20.9. The van der Waals surface area contributed by atoms with E-state index in [1.165, 1.54) is 5.57 Å². The molecule has 4 aromatic rings. The summed E-state index contributed by atoms with van der Waals surface area (Å²) in [5, 5.41) is 2.43. The standard InChI is InChI=1S/C36H38N2O5/c1-4-33(28-13-9-6-10-14-28)35(29-15-19-31(20-16-29)41-24-23-38(2)3)30-17-21-32(22-18-30)43-34(39)25-37-36(40)42-26-27-11-7-5-8-12-27/h5-22H,4,23-26H2,1-3H3,(H,37,40). The summed E-state index contributed by atoms with van der Waals surface area (Å²) < 4.78 is 16.5. The van der Waals surface area contributed by atoms with Gasteiger partial charge in [0.15, 0.2) is 0 Å². The second kappa shape index (κ2) is 15.9. The van der Waals surface area contributed by atoms with Gasteiger partial charge >= 0.3 is 12.1 Å². The Balaban J connectivity index is 1.46. The molecule has 0 aromatic heterocycles. The maximum Gasteiger partial charge on any atom is 0.407 e. The summed E-state index contributed by atoms with van der Waals surface area (Å²) in [6.07, 6.45) is 0.136. The van der Waals surface area contributed by atoms with E-state index >= 15 is 0 Å². The van der Waals surface area contributed by atoms with Crippen molar-refractivity contribution in [2.75, 3.05) is 33.8 Å². The first-order valence-corrected chi connectivity index (χ1v) is 14.3. The summed E-state index contributed by atoms with van der Waals surface area (Å²) >= 11 is 0. The minimum atomic E-state index is -0.687. The van der Waals surface area contributed by atoms with Crippen LogP contribution in [0.15, 0.2) is 109 Å². The average Bonchev–Trinajstić information content (AvgIpc) is 3.03. The third-order valence-electron chi connectivity index (χ3n) is 6.69. The molecule has 1 amide bonds. The van der Waals surface area contributed by atoms with Crippen molar-refractivity contribution in [2.24, 2.45) is 0 Å². The smallest absolute Gasteiger partial charge is 0.407 e. The first kappa shape index (κ1) is 31.1. The molecule has 0 saturated carbocycles. The van der Waals surface area contributed by atoms with Crippen molar-refractivity contribution in [1.82, 2.24) is 10.2 Å². The van der Waals surface area contributed by atoms with Crippen LogP contribution in [0.1, 0.15) is 35.6 Å². The molecule has 0 bridgehead atoms. The average molecular weight is 579 g/mol. The number of ether oxygens (including phenoxy) is 3. The molecule has 0 aliphatic rings. The summed E-state index contributed by atoms with van der Waals surface area (Å²) in [5.74, 6) is 0.612. The van der Waals surface area contributed by atoms with Gasteiger partial charge in [0.05, 0.1) is 0 Å². The van der Waals surface area contributed by atoms with Crippen molar-refractivity contribution < 1.29 is 23.8 Å². The highest BCUT2D eigenvalue weighted by molar-refractivity contribution is 5.98. The Kier molecular flexibility index (Phi) is 11.5. The maximum atomic E-state index is 12.4. The van der Waals surface area contributed by atoms with Gasteiger partial charge in [-0.2, -0.15) is 0 Å². The molecule has 0 spiro atoms. The molecule has 0 fully saturated rings. The van der Waals surface area contributed by atoms with Gasteiger partial charge in [0.1, 0.15) is 31.3 Å². The number of allylic oxidation sites excluding steroid dienone is 1. The topological polar surface area (TPSA) is 77.1 Å². The number of hydrogen-bond acceptors (Lipinski definition) is 6. The van der Waals surface area contributed by atoms with Crippen molar-refractivity contribution >= 4 is 23.2 Å². The van der Waals surface area contributed by atoms with Crippen LogP contribution in [0, 0.1) is 0 Å². The molecule has 4 aromatic carbocycles. The number of carbonyl (C=O) groups excluding carboxylic acids is 2. The molecule has 0 saturated heterocycles. The fourth-order valence-electron chi connectivity index (χ4n) is 4.52. The minimum Gasteiger partial charge on any atom is -0.492 e. The highest BCUT2D eigenvalue weighted by atomic mass is 16.6. The lowest BCUT2D eigenvalue weighted by Crippen LogP contribution is -2.32. The lowest BCUT2D eigenvalue weighted by molar-refractivity contribution is -0.133. The number of carbonyl (C=O) groups is 2. The number of nitrogens with zero attached hydrogens (tertiary/aromatic N) is 1. The molecule has 1 N–H and O–H groups in total. The lowest BCUT2D eigenvalue weighted by atomic mass is 9.88. The molecular weight excluding hydrogens is 540 g/mol. The van der Waals surface area contributed by atoms with E-state index in [-0.39, 0.29) is 13.2 Å². The zero-order valence-electron chi connectivity index (χ0n) is 24.9. The van der Waals surface area contributed by atoms with E-state index < -0.39 is 12.1 Å². The third kappa shape index (κ3) is 9.58. The Labute approximate surface area is 253 Å². The van der Waals surface area contributed by atoms with Crippen molar-refractivity contribution in [3.05, 3.63) is 131 Å². The summed E-state index contributed by atoms with van der Waals surface area (Å²) in [6, 6.07) is 35.2. The fraction of sp³-hybridized carbons (Fsp3) is 0.222. The van der Waals surface area contributed by atoms with Gasteiger partial charge in [0.2, 0.25) is 0 Å². The molecule has 43 heavy (non-hydrogen) atoms. The van der Waals surface area contributed by atoms with Gasteiger partial charge in [-0.25, -0.2) is 9.59 Å². The Bertz CT molecular complexity index is 1480. The molecule has 0 heterocycles. The van der Waals surface area contributed by atoms with Crippen molar-refractivity contribution in [3.63, 3.8) is 0 Å². The van der Waals surface area contributed by atoms with Crippen molar-refractivity contribution in [2.45, 2.75) is 20.0 Å². The largest absolute Gasteiger partial charge is 0.492 e. The van der Waals surface area contributed by atoms with E-state index in [1.807, 2.05) is 86.9 Å². The highest BCUT2D eigenvalue weighted by Crippen LogP contribution is 2.35. The Morgan fingerprint density at radius 2 is 1.30 bits per heavy atom. The molecule has 7 heteroatoms. The molecule has 0 unspecified atom stereocenters. The number of rotatable bonds is 13. The molecular formula is C36H38N2O5. The van der Waals surface area contributed by atoms with Crippen LogP contribution < -0.4 is 14.8 Å². The SMILES string of the molecule is CCC(=C(c1ccc(OCCN(C)C)cc1)c1ccc(OC(=O)CNC(=O)OCc2ccccc2)cc1)c1ccccc1. The van der Waals surface area contributed by atoms with Gasteiger partial charge in [-0.1, -0.05) is 91.9 Å². The Morgan fingerprint density at radius 1 is 0.721 bits per heavy atom. The normalized spacial score (nSPS) is 11.4. The molecule has 7 nitrogen and oxygen atoms in total. The first-order valence-electron chi connectivity index (χ1n) is 14.3. The van der Waals surface area contributed by atoms with Gasteiger partial charge in [-0.15, -0.1) is 0 Å². The fourth-order valence-corrected chi connectivity index (χ4v) is 4.52. The van der Waals surface area contributed by atoms with Gasteiger partial charge in [-0.05, 0) is 78.2 Å². The third-order valence-corrected chi connectivity index (χ3v) is 6.69. The predicted octanol–water partition coefficient (Wildman–Crippen LogP) is 6.83. The van der Waals surface area contributed by atoms with Crippen LogP contribution in [0.5, 0.6) is 11.5 Å². The Morgan fingerprint density at radius 3 is 1.88 bits per heavy atom. The second-order valence-corrected chi connectivity index (χ2v) is 10.2. The molecule has 0 radical (unpaired) electrons. The van der Waals surface area contributed by atoms with Crippen LogP contribution in [-0.2, 0) is 16.1 Å². The number of nitrogens with one attached hydrogen (secondary N) is 1. The monoisotopic (exact) mass is 578 g/mol. The van der Waals surface area contributed by atoms with Crippen LogP contribution in [0.4, 0.5) is 4.79 Å². The summed E-state index contributed by atoms with van der Waals surface area (Å²) in [7, 11) is 4.04. The molecule has 0 aliphatic carbocycles. The van der Waals surface area contributed by atoms with E-state index in [0.717, 1.165) is 46.5 Å². The quantitative estimate of drug-likeness (QED) is 0.107. The number of esters is 1. The van der Waals surface area contributed by atoms with Crippen LogP contribution in [0.3, 0.4) is 0 Å². The molecule has 4 rings (SSSR count). The van der Waals surface area contributed by atoms with E-state index in [0.29, 0.717) is 12.4 Å². The molecule has 0 atom stereocenters. The molecule has 222 valence electrons. The van der Waals surface area contributed by atoms with Gasteiger partial charge < -0.3 is 24.4 Å². The van der Waals surface area contributed by atoms with Crippen molar-refractivity contribution in [3.8, 4) is 11.5 Å².